The van der Waals surface area contributed by atoms with Gasteiger partial charge in [-0.25, -0.2) is 0 Å². The molecular weight excluding hydrogens is 230 g/mol. The third-order valence-corrected chi connectivity index (χ3v) is 3.72. The maximum absolute atomic E-state index is 12.2. The smallest absolute Gasteiger partial charge is 0.239 e. The first-order valence-corrected chi connectivity index (χ1v) is 6.77. The van der Waals surface area contributed by atoms with Crippen LogP contribution in [0.5, 0.6) is 0 Å². The third-order valence-electron chi connectivity index (χ3n) is 3.72. The van der Waals surface area contributed by atoms with Gasteiger partial charge in [-0.2, -0.15) is 0 Å². The van der Waals surface area contributed by atoms with E-state index in [1.165, 1.54) is 0 Å². The minimum Gasteiger partial charge on any atom is -0.359 e. The van der Waals surface area contributed by atoms with Crippen LogP contribution in [0.3, 0.4) is 0 Å². The molecule has 0 saturated carbocycles. The van der Waals surface area contributed by atoms with Gasteiger partial charge in [0.1, 0.15) is 0 Å². The number of carbonyl (C=O) groups excluding carboxylic acids is 2. The standard InChI is InChI=1S/C13H25N3O2/c1-4-10-5-7-15-11(9-10)13(18)16(3)8-6-12(17)14-2/h10-11,15H,4-9H2,1-3H3,(H,14,17). The summed E-state index contributed by atoms with van der Waals surface area (Å²) in [5.74, 6) is 0.724. The Hall–Kier alpha value is -1.10. The van der Waals surface area contributed by atoms with E-state index in [0.29, 0.717) is 18.9 Å². The number of hydrogen-bond acceptors (Lipinski definition) is 3. The molecule has 1 aliphatic heterocycles. The number of nitrogens with one attached hydrogen (secondary N) is 2. The van der Waals surface area contributed by atoms with Gasteiger partial charge in [-0.15, -0.1) is 0 Å². The average molecular weight is 255 g/mol. The fourth-order valence-electron chi connectivity index (χ4n) is 2.33. The highest BCUT2D eigenvalue weighted by Crippen LogP contribution is 2.20. The molecule has 0 radical (unpaired) electrons. The molecule has 1 fully saturated rings. The Morgan fingerprint density at radius 3 is 2.78 bits per heavy atom. The van der Waals surface area contributed by atoms with Crippen molar-refractivity contribution in [3.63, 3.8) is 0 Å². The van der Waals surface area contributed by atoms with Crippen LogP contribution in [0.25, 0.3) is 0 Å². The van der Waals surface area contributed by atoms with E-state index in [1.807, 2.05) is 0 Å². The molecule has 2 unspecified atom stereocenters. The molecule has 1 saturated heterocycles. The van der Waals surface area contributed by atoms with Gasteiger partial charge in [-0.3, -0.25) is 9.59 Å². The van der Waals surface area contributed by atoms with E-state index in [4.69, 9.17) is 0 Å². The van der Waals surface area contributed by atoms with Crippen LogP contribution in [0, 0.1) is 5.92 Å². The maximum atomic E-state index is 12.2. The average Bonchev–Trinajstić information content (AvgIpc) is 2.43. The lowest BCUT2D eigenvalue weighted by atomic mass is 9.90. The van der Waals surface area contributed by atoms with Crippen molar-refractivity contribution in [1.82, 2.24) is 15.5 Å². The fourth-order valence-corrected chi connectivity index (χ4v) is 2.33. The minimum absolute atomic E-state index is 0.0299. The van der Waals surface area contributed by atoms with Gasteiger partial charge in [-0.05, 0) is 25.3 Å². The van der Waals surface area contributed by atoms with Crippen molar-refractivity contribution in [3.05, 3.63) is 0 Å². The minimum atomic E-state index is -0.0709. The summed E-state index contributed by atoms with van der Waals surface area (Å²) in [5.41, 5.74) is 0. The third kappa shape index (κ3) is 4.29. The van der Waals surface area contributed by atoms with E-state index in [0.717, 1.165) is 25.8 Å². The first kappa shape index (κ1) is 15.0. The van der Waals surface area contributed by atoms with Crippen LogP contribution in [0.1, 0.15) is 32.6 Å². The maximum Gasteiger partial charge on any atom is 0.239 e. The highest BCUT2D eigenvalue weighted by molar-refractivity contribution is 5.82. The molecule has 5 nitrogen and oxygen atoms in total. The zero-order chi connectivity index (χ0) is 13.5. The van der Waals surface area contributed by atoms with E-state index >= 15 is 0 Å². The second kappa shape index (κ2) is 7.36. The number of rotatable bonds is 5. The lowest BCUT2D eigenvalue weighted by Gasteiger charge is -2.31. The van der Waals surface area contributed by atoms with Crippen molar-refractivity contribution in [1.29, 1.82) is 0 Å². The Labute approximate surface area is 109 Å². The van der Waals surface area contributed by atoms with Crippen molar-refractivity contribution in [3.8, 4) is 0 Å². The molecule has 2 N–H and O–H groups in total. The molecule has 0 aromatic rings. The Balaban J connectivity index is 2.40. The normalized spacial score (nSPS) is 23.5. The van der Waals surface area contributed by atoms with Gasteiger partial charge >= 0.3 is 0 Å². The molecule has 0 aromatic carbocycles. The second-order valence-corrected chi connectivity index (χ2v) is 4.99. The largest absolute Gasteiger partial charge is 0.359 e. The van der Waals surface area contributed by atoms with E-state index < -0.39 is 0 Å². The number of likely N-dealkylation sites (N-methyl/N-ethyl adjacent to an activating group) is 1. The van der Waals surface area contributed by atoms with E-state index in [1.54, 1.807) is 19.0 Å². The summed E-state index contributed by atoms with van der Waals surface area (Å²) >= 11 is 0. The van der Waals surface area contributed by atoms with Gasteiger partial charge < -0.3 is 15.5 Å². The van der Waals surface area contributed by atoms with Gasteiger partial charge in [0, 0.05) is 27.1 Å². The van der Waals surface area contributed by atoms with Crippen molar-refractivity contribution in [2.24, 2.45) is 5.92 Å². The summed E-state index contributed by atoms with van der Waals surface area (Å²) in [4.78, 5) is 25.0. The number of amides is 2. The number of nitrogens with zero attached hydrogens (tertiary/aromatic N) is 1. The van der Waals surface area contributed by atoms with Gasteiger partial charge in [0.2, 0.25) is 11.8 Å². The topological polar surface area (TPSA) is 61.4 Å². The Bertz CT molecular complexity index is 294. The van der Waals surface area contributed by atoms with Crippen molar-refractivity contribution < 1.29 is 9.59 Å². The highest BCUT2D eigenvalue weighted by Gasteiger charge is 2.27. The van der Waals surface area contributed by atoms with Crippen molar-refractivity contribution >= 4 is 11.8 Å². The summed E-state index contributed by atoms with van der Waals surface area (Å²) in [5, 5.41) is 5.84. The number of piperidine rings is 1. The molecule has 1 aliphatic rings. The lowest BCUT2D eigenvalue weighted by Crippen LogP contribution is -2.49. The van der Waals surface area contributed by atoms with Gasteiger partial charge in [0.15, 0.2) is 0 Å². The predicted molar refractivity (Wildman–Crippen MR) is 71.1 cm³/mol. The van der Waals surface area contributed by atoms with Crippen LogP contribution < -0.4 is 10.6 Å². The summed E-state index contributed by atoms with van der Waals surface area (Å²) in [7, 11) is 3.38. The molecule has 104 valence electrons. The van der Waals surface area contributed by atoms with E-state index in [2.05, 4.69) is 17.6 Å². The van der Waals surface area contributed by atoms with Gasteiger partial charge in [-0.1, -0.05) is 13.3 Å². The summed E-state index contributed by atoms with van der Waals surface area (Å²) in [6, 6.07) is -0.0709. The zero-order valence-corrected chi connectivity index (χ0v) is 11.7. The van der Waals surface area contributed by atoms with Crippen molar-refractivity contribution in [2.45, 2.75) is 38.6 Å². The van der Waals surface area contributed by atoms with Gasteiger partial charge in [0.25, 0.3) is 0 Å². The number of hydrogen-bond donors (Lipinski definition) is 2. The molecule has 5 heteroatoms. The quantitative estimate of drug-likeness (QED) is 0.745. The molecule has 0 aliphatic carbocycles. The van der Waals surface area contributed by atoms with Crippen molar-refractivity contribution in [2.75, 3.05) is 27.2 Å². The van der Waals surface area contributed by atoms with Crippen LogP contribution in [0.2, 0.25) is 0 Å². The number of carbonyl (C=O) groups is 2. The second-order valence-electron chi connectivity index (χ2n) is 4.99. The van der Waals surface area contributed by atoms with Crippen LogP contribution >= 0.6 is 0 Å². The van der Waals surface area contributed by atoms with Crippen LogP contribution in [0.4, 0.5) is 0 Å². The Morgan fingerprint density at radius 2 is 2.17 bits per heavy atom. The monoisotopic (exact) mass is 255 g/mol. The first-order chi connectivity index (χ1) is 8.58. The lowest BCUT2D eigenvalue weighted by molar-refractivity contribution is -0.133. The van der Waals surface area contributed by atoms with E-state index in [-0.39, 0.29) is 17.9 Å². The Morgan fingerprint density at radius 1 is 1.44 bits per heavy atom. The predicted octanol–water partition coefficient (Wildman–Crippen LogP) is 0.359. The molecule has 0 bridgehead atoms. The highest BCUT2D eigenvalue weighted by atomic mass is 16.2. The molecule has 2 amide bonds. The fraction of sp³-hybridized carbons (Fsp3) is 0.846. The molecule has 1 heterocycles. The summed E-state index contributed by atoms with van der Waals surface area (Å²) in [6.45, 7) is 3.57. The van der Waals surface area contributed by atoms with Crippen LogP contribution in [-0.2, 0) is 9.59 Å². The Kier molecular flexibility index (Phi) is 6.12. The molecule has 1 rings (SSSR count). The summed E-state index contributed by atoms with van der Waals surface area (Å²) < 4.78 is 0. The molecule has 0 aromatic heterocycles. The first-order valence-electron chi connectivity index (χ1n) is 6.77. The molecule has 2 atom stereocenters. The molecule has 0 spiro atoms. The van der Waals surface area contributed by atoms with Crippen LogP contribution in [0.15, 0.2) is 0 Å². The van der Waals surface area contributed by atoms with Crippen LogP contribution in [-0.4, -0.2) is 49.9 Å². The molecule has 18 heavy (non-hydrogen) atoms. The zero-order valence-electron chi connectivity index (χ0n) is 11.7. The van der Waals surface area contributed by atoms with E-state index in [9.17, 15) is 9.59 Å². The molecular formula is C13H25N3O2. The SMILES string of the molecule is CCC1CCNC(C(=O)N(C)CCC(=O)NC)C1. The summed E-state index contributed by atoms with van der Waals surface area (Å²) in [6.07, 6.45) is 3.57. The van der Waals surface area contributed by atoms with Gasteiger partial charge in [0.05, 0.1) is 6.04 Å².